The number of carboxylic acid groups (broad SMARTS) is 1. The van der Waals surface area contributed by atoms with Crippen LogP contribution in [0, 0.1) is 11.3 Å². The zero-order valence-electron chi connectivity index (χ0n) is 19.7. The first kappa shape index (κ1) is 25.1. The highest BCUT2D eigenvalue weighted by Gasteiger charge is 2.64. The van der Waals surface area contributed by atoms with E-state index in [9.17, 15) is 25.1 Å². The van der Waals surface area contributed by atoms with Crippen molar-refractivity contribution in [2.24, 2.45) is 0 Å². The Morgan fingerprint density at radius 3 is 2.22 bits per heavy atom. The summed E-state index contributed by atoms with van der Waals surface area (Å²) >= 11 is 12.4. The number of carboxylic acids is 1. The molecule has 5 rings (SSSR count). The summed E-state index contributed by atoms with van der Waals surface area (Å²) < 4.78 is 0. The predicted molar refractivity (Wildman–Crippen MR) is 140 cm³/mol. The molecular weight excluding hydrogens is 515 g/mol. The van der Waals surface area contributed by atoms with Crippen LogP contribution in [0.4, 0.5) is 11.4 Å². The predicted octanol–water partition coefficient (Wildman–Crippen LogP) is 4.16. The van der Waals surface area contributed by atoms with Gasteiger partial charge in [0.1, 0.15) is 5.54 Å². The molecule has 1 spiro atoms. The average molecular weight is 537 g/mol. The second-order valence-corrected chi connectivity index (χ2v) is 10.1. The number of nitriles is 1. The van der Waals surface area contributed by atoms with Gasteiger partial charge in [0, 0.05) is 34.7 Å². The molecule has 1 unspecified atom stereocenters. The lowest BCUT2D eigenvalue weighted by Gasteiger charge is -2.34. The molecule has 2 saturated heterocycles. The molecule has 2 N–H and O–H groups in total. The maximum Gasteiger partial charge on any atom is 0.335 e. The number of amides is 1. The molecule has 3 aromatic rings. The summed E-state index contributed by atoms with van der Waals surface area (Å²) in [6.07, 6.45) is -1.28. The molecule has 0 aliphatic carbocycles. The number of rotatable bonds is 4. The van der Waals surface area contributed by atoms with E-state index in [1.54, 1.807) is 54.4 Å². The first-order valence-corrected chi connectivity index (χ1v) is 12.2. The van der Waals surface area contributed by atoms with Gasteiger partial charge in [-0.1, -0.05) is 35.3 Å². The SMILES string of the molecule is CN1C(O)N(c2cc(Cl)cc(Cl)c2)C(=O)[C@]12CN(c1ccc(C(=O)O)cc1)C[C@H]2c1ccc(C#N)cc1. The van der Waals surface area contributed by atoms with Crippen molar-refractivity contribution in [1.29, 1.82) is 5.26 Å². The lowest BCUT2D eigenvalue weighted by Crippen LogP contribution is -2.54. The topological polar surface area (TPSA) is 108 Å². The first-order chi connectivity index (χ1) is 17.6. The fraction of sp³-hybridized carbons (Fsp3) is 0.222. The summed E-state index contributed by atoms with van der Waals surface area (Å²) in [6.45, 7) is 0.659. The number of likely N-dealkylation sites (N-methyl/N-ethyl adjacent to an activating group) is 1. The Hall–Kier alpha value is -3.61. The van der Waals surface area contributed by atoms with Crippen molar-refractivity contribution in [2.45, 2.75) is 17.8 Å². The molecule has 0 aromatic heterocycles. The number of benzene rings is 3. The molecule has 2 fully saturated rings. The van der Waals surface area contributed by atoms with E-state index in [4.69, 9.17) is 23.2 Å². The minimum atomic E-state index is -1.28. The molecule has 3 atom stereocenters. The molecular formula is C27H22Cl2N4O4. The van der Waals surface area contributed by atoms with Gasteiger partial charge in [-0.15, -0.1) is 0 Å². The van der Waals surface area contributed by atoms with Gasteiger partial charge >= 0.3 is 5.97 Å². The second-order valence-electron chi connectivity index (χ2n) is 9.20. The monoisotopic (exact) mass is 536 g/mol. The normalized spacial score (nSPS) is 23.6. The highest BCUT2D eigenvalue weighted by atomic mass is 35.5. The number of aliphatic hydroxyl groups excluding tert-OH is 1. The van der Waals surface area contributed by atoms with E-state index in [1.807, 2.05) is 17.0 Å². The average Bonchev–Trinajstić information content (AvgIpc) is 3.37. The first-order valence-electron chi connectivity index (χ1n) is 11.4. The summed E-state index contributed by atoms with van der Waals surface area (Å²) in [7, 11) is 1.70. The van der Waals surface area contributed by atoms with Crippen molar-refractivity contribution in [3.05, 3.63) is 93.5 Å². The molecule has 0 bridgehead atoms. The van der Waals surface area contributed by atoms with Crippen molar-refractivity contribution in [3.8, 4) is 6.07 Å². The summed E-state index contributed by atoms with van der Waals surface area (Å²) in [5, 5.41) is 30.5. The smallest absolute Gasteiger partial charge is 0.335 e. The Bertz CT molecular complexity index is 1400. The largest absolute Gasteiger partial charge is 0.478 e. The number of anilines is 2. The van der Waals surface area contributed by atoms with Crippen LogP contribution in [0.15, 0.2) is 66.7 Å². The highest BCUT2D eigenvalue weighted by Crippen LogP contribution is 2.48. The molecule has 2 heterocycles. The van der Waals surface area contributed by atoms with Gasteiger partial charge in [-0.05, 0) is 67.2 Å². The van der Waals surface area contributed by atoms with Crippen molar-refractivity contribution < 1.29 is 19.8 Å². The molecule has 2 aliphatic heterocycles. The van der Waals surface area contributed by atoms with E-state index in [-0.39, 0.29) is 23.9 Å². The highest BCUT2D eigenvalue weighted by molar-refractivity contribution is 6.35. The van der Waals surface area contributed by atoms with Crippen LogP contribution in [-0.4, -0.2) is 59.0 Å². The Morgan fingerprint density at radius 1 is 1.03 bits per heavy atom. The van der Waals surface area contributed by atoms with Crippen molar-refractivity contribution in [2.75, 3.05) is 29.9 Å². The van der Waals surface area contributed by atoms with Gasteiger partial charge in [0.05, 0.1) is 22.9 Å². The maximum atomic E-state index is 14.3. The molecule has 37 heavy (non-hydrogen) atoms. The number of aromatic carboxylic acids is 1. The van der Waals surface area contributed by atoms with Gasteiger partial charge in [0.15, 0.2) is 6.35 Å². The van der Waals surface area contributed by atoms with E-state index in [0.717, 1.165) is 11.3 Å². The summed E-state index contributed by atoms with van der Waals surface area (Å²) in [5.74, 6) is -1.73. The van der Waals surface area contributed by atoms with Crippen LogP contribution in [0.25, 0.3) is 0 Å². The van der Waals surface area contributed by atoms with Gasteiger partial charge in [-0.25, -0.2) is 9.69 Å². The zero-order valence-corrected chi connectivity index (χ0v) is 21.2. The Labute approximate surface area is 223 Å². The lowest BCUT2D eigenvalue weighted by molar-refractivity contribution is -0.124. The van der Waals surface area contributed by atoms with E-state index in [2.05, 4.69) is 6.07 Å². The molecule has 1 amide bonds. The molecule has 10 heteroatoms. The van der Waals surface area contributed by atoms with Crippen LogP contribution in [0.5, 0.6) is 0 Å². The van der Waals surface area contributed by atoms with Crippen LogP contribution in [0.1, 0.15) is 27.4 Å². The number of halogens is 2. The number of carbonyl (C=O) groups excluding carboxylic acids is 1. The number of aliphatic hydroxyl groups is 1. The van der Waals surface area contributed by atoms with Gasteiger partial charge in [-0.3, -0.25) is 9.69 Å². The third-order valence-electron chi connectivity index (χ3n) is 7.25. The van der Waals surface area contributed by atoms with Gasteiger partial charge in [-0.2, -0.15) is 5.26 Å². The van der Waals surface area contributed by atoms with Crippen molar-refractivity contribution >= 4 is 46.5 Å². The van der Waals surface area contributed by atoms with E-state index in [0.29, 0.717) is 27.8 Å². The molecule has 8 nitrogen and oxygen atoms in total. The number of nitrogens with zero attached hydrogens (tertiary/aromatic N) is 4. The van der Waals surface area contributed by atoms with Crippen LogP contribution < -0.4 is 9.80 Å². The van der Waals surface area contributed by atoms with Gasteiger partial charge in [0.25, 0.3) is 5.91 Å². The molecule has 0 radical (unpaired) electrons. The number of carbonyl (C=O) groups is 2. The quantitative estimate of drug-likeness (QED) is 0.515. The summed E-state index contributed by atoms with van der Waals surface area (Å²) in [4.78, 5) is 30.6. The number of hydrogen-bond donors (Lipinski definition) is 2. The molecule has 188 valence electrons. The van der Waals surface area contributed by atoms with Crippen LogP contribution in [-0.2, 0) is 4.79 Å². The third kappa shape index (κ3) is 4.10. The van der Waals surface area contributed by atoms with Crippen LogP contribution >= 0.6 is 23.2 Å². The Balaban J connectivity index is 1.61. The standard InChI is InChI=1S/C27H22Cl2N4O4/c1-31-26(37)33(22-11-19(28)10-20(29)12-22)25(36)27(31)15-32(21-8-6-18(7-9-21)24(34)35)14-23(27)17-4-2-16(13-30)3-5-17/h2-12,23,26,37H,14-15H2,1H3,(H,34,35)/t23-,26?,27+/m0/s1. The van der Waals surface area contributed by atoms with Crippen LogP contribution in [0.3, 0.4) is 0 Å². The fourth-order valence-electron chi connectivity index (χ4n) is 5.37. The van der Waals surface area contributed by atoms with Crippen LogP contribution in [0.2, 0.25) is 10.0 Å². The fourth-order valence-corrected chi connectivity index (χ4v) is 5.88. The van der Waals surface area contributed by atoms with Gasteiger partial charge in [0.2, 0.25) is 0 Å². The van der Waals surface area contributed by atoms with Crippen molar-refractivity contribution in [1.82, 2.24) is 4.90 Å². The molecule has 3 aromatic carbocycles. The Morgan fingerprint density at radius 2 is 1.65 bits per heavy atom. The minimum absolute atomic E-state index is 0.162. The van der Waals surface area contributed by atoms with Crippen molar-refractivity contribution in [3.63, 3.8) is 0 Å². The lowest BCUT2D eigenvalue weighted by atomic mass is 9.80. The Kier molecular flexibility index (Phi) is 6.34. The van der Waals surface area contributed by atoms with E-state index >= 15 is 0 Å². The van der Waals surface area contributed by atoms with Gasteiger partial charge < -0.3 is 15.1 Å². The minimum Gasteiger partial charge on any atom is -0.478 e. The zero-order chi connectivity index (χ0) is 26.5. The third-order valence-corrected chi connectivity index (χ3v) is 7.69. The second kappa shape index (κ2) is 9.36. The molecule has 2 aliphatic rings. The number of hydrogen-bond acceptors (Lipinski definition) is 6. The van der Waals surface area contributed by atoms with E-state index < -0.39 is 17.9 Å². The summed E-state index contributed by atoms with van der Waals surface area (Å²) in [6, 6.07) is 20.4. The summed E-state index contributed by atoms with van der Waals surface area (Å²) in [5.41, 5.74) is 1.45. The molecule has 0 saturated carbocycles. The maximum absolute atomic E-state index is 14.3. The van der Waals surface area contributed by atoms with E-state index in [1.165, 1.54) is 17.0 Å².